The van der Waals surface area contributed by atoms with E-state index in [9.17, 15) is 8.42 Å². The van der Waals surface area contributed by atoms with Crippen LogP contribution in [0.25, 0.3) is 11.0 Å². The van der Waals surface area contributed by atoms with Crippen LogP contribution < -0.4 is 18.6 Å². The first-order valence-corrected chi connectivity index (χ1v) is 10.9. The molecule has 9 heteroatoms. The monoisotopic (exact) mass is 432 g/mol. The summed E-state index contributed by atoms with van der Waals surface area (Å²) in [5.41, 5.74) is 1.41. The quantitative estimate of drug-likeness (QED) is 0.550. The Kier molecular flexibility index (Phi) is 5.48. The van der Waals surface area contributed by atoms with E-state index in [1.165, 1.54) is 20.3 Å². The van der Waals surface area contributed by atoms with Gasteiger partial charge in [-0.05, 0) is 37.4 Å². The lowest BCUT2D eigenvalue weighted by atomic mass is 10.2. The van der Waals surface area contributed by atoms with E-state index in [1.807, 2.05) is 0 Å². The topological polar surface area (TPSA) is 81.5 Å². The normalized spacial score (nSPS) is 15.4. The number of piperazine rings is 1. The Balaban J connectivity index is 1.74. The summed E-state index contributed by atoms with van der Waals surface area (Å²) in [7, 11) is 0.847. The lowest BCUT2D eigenvalue weighted by molar-refractivity contribution is 0.312. The molecule has 0 amide bonds. The third-order valence-electron chi connectivity index (χ3n) is 5.20. The van der Waals surface area contributed by atoms with Gasteiger partial charge in [0.05, 0.1) is 26.2 Å². The van der Waals surface area contributed by atoms with E-state index < -0.39 is 10.1 Å². The number of anilines is 1. The smallest absolute Gasteiger partial charge is 0.339 e. The Labute approximate surface area is 175 Å². The molecule has 0 atom stereocenters. The Morgan fingerprint density at radius 2 is 1.70 bits per heavy atom. The van der Waals surface area contributed by atoms with Crippen LogP contribution in [-0.2, 0) is 10.1 Å². The predicted molar refractivity (Wildman–Crippen MR) is 113 cm³/mol. The number of benzene rings is 2. The highest BCUT2D eigenvalue weighted by atomic mass is 32.2. The minimum Gasteiger partial charge on any atom is -0.493 e. The molecule has 160 valence electrons. The second-order valence-electron chi connectivity index (χ2n) is 7.10. The summed E-state index contributed by atoms with van der Waals surface area (Å²) in [4.78, 5) is 4.42. The van der Waals surface area contributed by atoms with Crippen LogP contribution in [-0.4, -0.2) is 60.8 Å². The fourth-order valence-electron chi connectivity index (χ4n) is 3.55. The molecule has 4 rings (SSSR count). The van der Waals surface area contributed by atoms with Crippen LogP contribution >= 0.6 is 0 Å². The summed E-state index contributed by atoms with van der Waals surface area (Å²) in [5.74, 6) is 0.658. The van der Waals surface area contributed by atoms with Gasteiger partial charge < -0.3 is 27.9 Å². The molecule has 3 aromatic rings. The zero-order valence-corrected chi connectivity index (χ0v) is 17.9. The van der Waals surface area contributed by atoms with Crippen LogP contribution in [0.3, 0.4) is 0 Å². The minimum atomic E-state index is -4.13. The van der Waals surface area contributed by atoms with Gasteiger partial charge in [0.2, 0.25) is 5.75 Å². The van der Waals surface area contributed by atoms with Crippen LogP contribution in [0.15, 0.2) is 52.0 Å². The first-order chi connectivity index (χ1) is 14.4. The molecule has 1 aliphatic heterocycles. The van der Waals surface area contributed by atoms with Crippen molar-refractivity contribution in [3.8, 4) is 17.2 Å². The second-order valence-corrected chi connectivity index (χ2v) is 8.65. The van der Waals surface area contributed by atoms with Crippen LogP contribution in [0.1, 0.15) is 0 Å². The van der Waals surface area contributed by atoms with Crippen molar-refractivity contribution in [1.29, 1.82) is 0 Å². The number of ether oxygens (including phenoxy) is 2. The molecular weight excluding hydrogens is 408 g/mol. The maximum absolute atomic E-state index is 13.1. The molecule has 0 saturated carbocycles. The highest BCUT2D eigenvalue weighted by molar-refractivity contribution is 7.87. The number of furan rings is 1. The van der Waals surface area contributed by atoms with Gasteiger partial charge in [0.15, 0.2) is 17.1 Å². The second kappa shape index (κ2) is 8.08. The van der Waals surface area contributed by atoms with Gasteiger partial charge in [-0.2, -0.15) is 8.42 Å². The molecule has 2 heterocycles. The van der Waals surface area contributed by atoms with Crippen molar-refractivity contribution in [2.24, 2.45) is 0 Å². The number of rotatable bonds is 6. The SMILES string of the molecule is COc1cccc(OS(=O)(=O)c2cc(N3CCN(C)CC3)c3occc3c2)c1OC. The summed E-state index contributed by atoms with van der Waals surface area (Å²) >= 11 is 0. The van der Waals surface area contributed by atoms with Gasteiger partial charge in [0.1, 0.15) is 4.90 Å². The zero-order valence-electron chi connectivity index (χ0n) is 17.1. The van der Waals surface area contributed by atoms with E-state index >= 15 is 0 Å². The van der Waals surface area contributed by atoms with Crippen molar-refractivity contribution in [1.82, 2.24) is 4.90 Å². The average Bonchev–Trinajstić information content (AvgIpc) is 3.22. The fraction of sp³-hybridized carbons (Fsp3) is 0.333. The Morgan fingerprint density at radius 3 is 2.40 bits per heavy atom. The van der Waals surface area contributed by atoms with Gasteiger partial charge >= 0.3 is 10.1 Å². The average molecular weight is 432 g/mol. The molecule has 1 fully saturated rings. The van der Waals surface area contributed by atoms with E-state index in [1.54, 1.807) is 36.6 Å². The van der Waals surface area contributed by atoms with Crippen molar-refractivity contribution in [3.05, 3.63) is 42.7 Å². The Hall–Kier alpha value is -2.91. The summed E-state index contributed by atoms with van der Waals surface area (Å²) in [6.45, 7) is 3.33. The van der Waals surface area contributed by atoms with E-state index in [-0.39, 0.29) is 16.4 Å². The number of fused-ring (bicyclic) bond motifs is 1. The molecule has 2 aromatic carbocycles. The third-order valence-corrected chi connectivity index (χ3v) is 6.42. The van der Waals surface area contributed by atoms with Crippen LogP contribution in [0.2, 0.25) is 0 Å². The fourth-order valence-corrected chi connectivity index (χ4v) is 4.54. The van der Waals surface area contributed by atoms with E-state index in [2.05, 4.69) is 16.8 Å². The first-order valence-electron chi connectivity index (χ1n) is 9.53. The van der Waals surface area contributed by atoms with Crippen LogP contribution in [0, 0.1) is 0 Å². The van der Waals surface area contributed by atoms with E-state index in [0.29, 0.717) is 16.7 Å². The van der Waals surface area contributed by atoms with Crippen molar-refractivity contribution < 1.29 is 26.5 Å². The van der Waals surface area contributed by atoms with Crippen molar-refractivity contribution in [3.63, 3.8) is 0 Å². The third kappa shape index (κ3) is 3.78. The molecule has 1 saturated heterocycles. The maximum atomic E-state index is 13.1. The summed E-state index contributed by atoms with van der Waals surface area (Å²) in [5, 5.41) is 0.700. The summed E-state index contributed by atoms with van der Waals surface area (Å²) in [6, 6.07) is 9.75. The van der Waals surface area contributed by atoms with Gasteiger partial charge in [-0.25, -0.2) is 0 Å². The Morgan fingerprint density at radius 1 is 0.967 bits per heavy atom. The maximum Gasteiger partial charge on any atom is 0.339 e. The molecule has 0 aliphatic carbocycles. The van der Waals surface area contributed by atoms with Gasteiger partial charge in [0, 0.05) is 31.6 Å². The largest absolute Gasteiger partial charge is 0.493 e. The molecular formula is C21H24N2O6S. The number of para-hydroxylation sites is 1. The number of methoxy groups -OCH3 is 2. The zero-order chi connectivity index (χ0) is 21.3. The summed E-state index contributed by atoms with van der Waals surface area (Å²) < 4.78 is 47.9. The number of likely N-dealkylation sites (N-methyl/N-ethyl adjacent to an activating group) is 1. The van der Waals surface area contributed by atoms with Crippen LogP contribution in [0.5, 0.6) is 17.2 Å². The Bertz CT molecular complexity index is 1150. The number of hydrogen-bond donors (Lipinski definition) is 0. The van der Waals surface area contributed by atoms with Crippen molar-refractivity contribution in [2.75, 3.05) is 52.3 Å². The molecule has 0 spiro atoms. The molecule has 30 heavy (non-hydrogen) atoms. The lowest BCUT2D eigenvalue weighted by Gasteiger charge is -2.34. The van der Waals surface area contributed by atoms with E-state index in [4.69, 9.17) is 18.1 Å². The molecule has 8 nitrogen and oxygen atoms in total. The molecule has 1 aliphatic rings. The molecule has 0 unspecified atom stereocenters. The van der Waals surface area contributed by atoms with Crippen molar-refractivity contribution in [2.45, 2.75) is 4.90 Å². The minimum absolute atomic E-state index is 0.0511. The van der Waals surface area contributed by atoms with Gasteiger partial charge in [-0.3, -0.25) is 0 Å². The highest BCUT2D eigenvalue weighted by Crippen LogP contribution is 2.39. The van der Waals surface area contributed by atoms with Gasteiger partial charge in [-0.15, -0.1) is 0 Å². The standard InChI is InChI=1S/C21H24N2O6S/c1-22-8-10-23(11-9-22)17-14-16(13-15-7-12-28-20(15)17)30(24,25)29-19-6-4-5-18(26-2)21(19)27-3/h4-7,12-14H,8-11H2,1-3H3. The highest BCUT2D eigenvalue weighted by Gasteiger charge is 2.25. The van der Waals surface area contributed by atoms with Crippen molar-refractivity contribution >= 4 is 26.8 Å². The molecule has 0 N–H and O–H groups in total. The number of nitrogens with zero attached hydrogens (tertiary/aromatic N) is 2. The predicted octanol–water partition coefficient (Wildman–Crippen LogP) is 2.97. The molecule has 1 aromatic heterocycles. The first kappa shape index (κ1) is 20.4. The van der Waals surface area contributed by atoms with E-state index in [0.717, 1.165) is 31.9 Å². The number of hydrogen-bond acceptors (Lipinski definition) is 8. The molecule has 0 bridgehead atoms. The van der Waals surface area contributed by atoms with Gasteiger partial charge in [0.25, 0.3) is 0 Å². The van der Waals surface area contributed by atoms with Gasteiger partial charge in [-0.1, -0.05) is 6.07 Å². The van der Waals surface area contributed by atoms with Crippen LogP contribution in [0.4, 0.5) is 5.69 Å². The lowest BCUT2D eigenvalue weighted by Crippen LogP contribution is -2.44. The summed E-state index contributed by atoms with van der Waals surface area (Å²) in [6.07, 6.45) is 1.56. The molecule has 0 radical (unpaired) electrons.